The van der Waals surface area contributed by atoms with Crippen molar-refractivity contribution < 1.29 is 24.5 Å². The van der Waals surface area contributed by atoms with E-state index in [1.807, 2.05) is 0 Å². The molecule has 0 heterocycles. The van der Waals surface area contributed by atoms with Gasteiger partial charge in [0.2, 0.25) is 0 Å². The van der Waals surface area contributed by atoms with Crippen molar-refractivity contribution >= 4 is 11.9 Å². The molecular formula is C18H20N2O5. The fraction of sp³-hybridized carbons (Fsp3) is 0.222. The topological polar surface area (TPSA) is 136 Å². The summed E-state index contributed by atoms with van der Waals surface area (Å²) in [7, 11) is 0. The molecular weight excluding hydrogens is 324 g/mol. The molecule has 2 rings (SSSR count). The Labute approximate surface area is 144 Å². The number of nitrogens with two attached hydrogens (primary N) is 2. The van der Waals surface area contributed by atoms with Crippen LogP contribution in [0, 0.1) is 0 Å². The smallest absolute Gasteiger partial charge is 0.328 e. The van der Waals surface area contributed by atoms with E-state index in [1.54, 1.807) is 36.4 Å². The van der Waals surface area contributed by atoms with Crippen molar-refractivity contribution in [3.63, 3.8) is 0 Å². The van der Waals surface area contributed by atoms with E-state index in [9.17, 15) is 14.7 Å². The number of ether oxygens (including phenoxy) is 1. The van der Waals surface area contributed by atoms with Gasteiger partial charge in [0.25, 0.3) is 0 Å². The largest absolute Gasteiger partial charge is 0.508 e. The Morgan fingerprint density at radius 1 is 0.880 bits per heavy atom. The zero-order valence-electron chi connectivity index (χ0n) is 13.5. The molecule has 2 atom stereocenters. The van der Waals surface area contributed by atoms with Gasteiger partial charge < -0.3 is 26.4 Å². The summed E-state index contributed by atoms with van der Waals surface area (Å²) in [6, 6.07) is 11.0. The summed E-state index contributed by atoms with van der Waals surface area (Å²) in [5.74, 6) is -1.19. The fourth-order valence-corrected chi connectivity index (χ4v) is 2.20. The fourth-order valence-electron chi connectivity index (χ4n) is 2.20. The highest BCUT2D eigenvalue weighted by Crippen LogP contribution is 2.15. The summed E-state index contributed by atoms with van der Waals surface area (Å²) in [6.45, 7) is 0. The van der Waals surface area contributed by atoms with Crippen LogP contribution in [0.3, 0.4) is 0 Å². The highest BCUT2D eigenvalue weighted by atomic mass is 16.5. The first-order valence-corrected chi connectivity index (χ1v) is 7.67. The van der Waals surface area contributed by atoms with Crippen LogP contribution in [0.5, 0.6) is 11.5 Å². The van der Waals surface area contributed by atoms with Crippen LogP contribution in [-0.2, 0) is 22.4 Å². The number of phenolic OH excluding ortho intramolecular Hbond substituents is 1. The lowest BCUT2D eigenvalue weighted by Crippen LogP contribution is -2.36. The van der Waals surface area contributed by atoms with Gasteiger partial charge in [-0.25, -0.2) is 4.79 Å². The summed E-state index contributed by atoms with van der Waals surface area (Å²) in [5, 5.41) is 18.0. The van der Waals surface area contributed by atoms with Crippen LogP contribution >= 0.6 is 0 Å². The monoisotopic (exact) mass is 344 g/mol. The Hall–Kier alpha value is -2.90. The molecule has 0 saturated heterocycles. The summed E-state index contributed by atoms with van der Waals surface area (Å²) < 4.78 is 5.22. The van der Waals surface area contributed by atoms with Crippen molar-refractivity contribution in [1.29, 1.82) is 0 Å². The number of hydrogen-bond acceptors (Lipinski definition) is 6. The van der Waals surface area contributed by atoms with Crippen molar-refractivity contribution in [2.24, 2.45) is 11.5 Å². The molecule has 132 valence electrons. The first-order valence-electron chi connectivity index (χ1n) is 7.67. The summed E-state index contributed by atoms with van der Waals surface area (Å²) >= 11 is 0. The van der Waals surface area contributed by atoms with Crippen LogP contribution in [0.25, 0.3) is 0 Å². The van der Waals surface area contributed by atoms with Crippen LogP contribution in [0.1, 0.15) is 11.1 Å². The van der Waals surface area contributed by atoms with Gasteiger partial charge in [0.05, 0.1) is 0 Å². The molecule has 0 bridgehead atoms. The van der Waals surface area contributed by atoms with Crippen molar-refractivity contribution in [3.05, 3.63) is 59.7 Å². The number of hydrogen-bond donors (Lipinski definition) is 4. The third kappa shape index (κ3) is 5.59. The maximum absolute atomic E-state index is 12.0. The number of rotatable bonds is 7. The van der Waals surface area contributed by atoms with Crippen LogP contribution < -0.4 is 16.2 Å². The first kappa shape index (κ1) is 18.4. The predicted molar refractivity (Wildman–Crippen MR) is 91.2 cm³/mol. The Kier molecular flexibility index (Phi) is 6.10. The number of aliphatic carboxylic acids is 1. The van der Waals surface area contributed by atoms with Gasteiger partial charge >= 0.3 is 11.9 Å². The van der Waals surface area contributed by atoms with Gasteiger partial charge in [0.1, 0.15) is 23.6 Å². The summed E-state index contributed by atoms with van der Waals surface area (Å²) in [4.78, 5) is 22.8. The normalized spacial score (nSPS) is 13.0. The SMILES string of the molecule is N[C@H](Cc1ccc(O)cc1)C(=O)Oc1ccc(C[C@H](N)C(=O)O)cc1. The van der Waals surface area contributed by atoms with Gasteiger partial charge in [-0.3, -0.25) is 4.79 Å². The first-order chi connectivity index (χ1) is 11.8. The van der Waals surface area contributed by atoms with Gasteiger partial charge in [-0.05, 0) is 48.2 Å². The standard InChI is InChI=1S/C18H20N2O5/c19-15(17(22)23)9-12-3-7-14(8-4-12)25-18(24)16(20)10-11-1-5-13(21)6-2-11/h1-8,15-16,21H,9-10,19-20H2,(H,22,23)/t15-,16+/m0/s1. The second kappa shape index (κ2) is 8.27. The zero-order valence-corrected chi connectivity index (χ0v) is 13.5. The molecule has 7 heteroatoms. The average Bonchev–Trinajstić information content (AvgIpc) is 2.58. The molecule has 0 unspecified atom stereocenters. The molecule has 6 N–H and O–H groups in total. The minimum absolute atomic E-state index is 0.141. The van der Waals surface area contributed by atoms with Crippen LogP contribution in [0.15, 0.2) is 48.5 Å². The second-order valence-corrected chi connectivity index (χ2v) is 5.69. The Morgan fingerprint density at radius 3 is 1.88 bits per heavy atom. The van der Waals surface area contributed by atoms with E-state index < -0.39 is 24.0 Å². The van der Waals surface area contributed by atoms with E-state index in [1.165, 1.54) is 12.1 Å². The minimum atomic E-state index is -1.07. The van der Waals surface area contributed by atoms with E-state index in [2.05, 4.69) is 0 Å². The zero-order chi connectivity index (χ0) is 18.4. The van der Waals surface area contributed by atoms with Crippen LogP contribution in [0.2, 0.25) is 0 Å². The Morgan fingerprint density at radius 2 is 1.36 bits per heavy atom. The van der Waals surface area contributed by atoms with E-state index in [0.29, 0.717) is 5.75 Å². The van der Waals surface area contributed by atoms with E-state index in [4.69, 9.17) is 21.3 Å². The second-order valence-electron chi connectivity index (χ2n) is 5.69. The van der Waals surface area contributed by atoms with Gasteiger partial charge in [-0.15, -0.1) is 0 Å². The molecule has 0 radical (unpaired) electrons. The summed E-state index contributed by atoms with van der Waals surface area (Å²) in [5.41, 5.74) is 12.8. The molecule has 0 aliphatic rings. The van der Waals surface area contributed by atoms with Crippen molar-refractivity contribution in [2.75, 3.05) is 0 Å². The maximum atomic E-state index is 12.0. The quantitative estimate of drug-likeness (QED) is 0.431. The third-order valence-electron chi connectivity index (χ3n) is 3.61. The lowest BCUT2D eigenvalue weighted by molar-refractivity contribution is -0.138. The number of carboxylic acid groups (broad SMARTS) is 1. The number of carboxylic acids is 1. The number of aromatic hydroxyl groups is 1. The highest BCUT2D eigenvalue weighted by molar-refractivity contribution is 5.78. The lowest BCUT2D eigenvalue weighted by Gasteiger charge is -2.12. The number of benzene rings is 2. The molecule has 0 aliphatic carbocycles. The molecule has 2 aromatic carbocycles. The number of esters is 1. The minimum Gasteiger partial charge on any atom is -0.508 e. The highest BCUT2D eigenvalue weighted by Gasteiger charge is 2.17. The number of phenols is 1. The molecule has 7 nitrogen and oxygen atoms in total. The Bertz CT molecular complexity index is 728. The van der Waals surface area contributed by atoms with Crippen molar-refractivity contribution in [1.82, 2.24) is 0 Å². The molecule has 0 saturated carbocycles. The molecule has 0 spiro atoms. The predicted octanol–water partition coefficient (Wildman–Crippen LogP) is 0.822. The molecule has 0 amide bonds. The van der Waals surface area contributed by atoms with Gasteiger partial charge in [-0.2, -0.15) is 0 Å². The summed E-state index contributed by atoms with van der Waals surface area (Å²) in [6.07, 6.45) is 0.467. The lowest BCUT2D eigenvalue weighted by atomic mass is 10.1. The molecule has 2 aromatic rings. The van der Waals surface area contributed by atoms with Gasteiger partial charge in [-0.1, -0.05) is 24.3 Å². The number of carbonyl (C=O) groups is 2. The van der Waals surface area contributed by atoms with E-state index in [-0.39, 0.29) is 18.6 Å². The third-order valence-corrected chi connectivity index (χ3v) is 3.61. The molecule has 0 aliphatic heterocycles. The van der Waals surface area contributed by atoms with Crippen molar-refractivity contribution in [3.8, 4) is 11.5 Å². The maximum Gasteiger partial charge on any atom is 0.328 e. The van der Waals surface area contributed by atoms with Gasteiger partial charge in [0.15, 0.2) is 0 Å². The van der Waals surface area contributed by atoms with Crippen molar-refractivity contribution in [2.45, 2.75) is 24.9 Å². The Balaban J connectivity index is 1.91. The van der Waals surface area contributed by atoms with Crippen LogP contribution in [0.4, 0.5) is 0 Å². The van der Waals surface area contributed by atoms with E-state index >= 15 is 0 Å². The van der Waals surface area contributed by atoms with Crippen LogP contribution in [-0.4, -0.2) is 34.2 Å². The average molecular weight is 344 g/mol. The molecule has 0 fully saturated rings. The molecule has 0 aromatic heterocycles. The number of carbonyl (C=O) groups excluding carboxylic acids is 1. The molecule has 25 heavy (non-hydrogen) atoms. The van der Waals surface area contributed by atoms with E-state index in [0.717, 1.165) is 11.1 Å². The van der Waals surface area contributed by atoms with Gasteiger partial charge in [0, 0.05) is 0 Å².